The van der Waals surface area contributed by atoms with E-state index in [9.17, 15) is 26.4 Å². The van der Waals surface area contributed by atoms with Crippen LogP contribution in [0.15, 0.2) is 53.4 Å². The van der Waals surface area contributed by atoms with Gasteiger partial charge < -0.3 is 4.74 Å². The second-order valence-electron chi connectivity index (χ2n) is 8.37. The van der Waals surface area contributed by atoms with Crippen LogP contribution in [0.25, 0.3) is 0 Å². The van der Waals surface area contributed by atoms with Crippen molar-refractivity contribution in [3.05, 3.63) is 65.2 Å². The molecule has 1 fully saturated rings. The molecule has 2 aromatic carbocycles. The monoisotopic (exact) mass is 482 g/mol. The highest BCUT2D eigenvalue weighted by molar-refractivity contribution is 7.89. The number of rotatable bonds is 5. The molecule has 0 N–H and O–H groups in total. The molecule has 0 bridgehead atoms. The second kappa shape index (κ2) is 9.08. The number of nitrogens with zero attached hydrogens (tertiary/aromatic N) is 2. The summed E-state index contributed by atoms with van der Waals surface area (Å²) in [5.74, 6) is -0.674. The Kier molecular flexibility index (Phi) is 6.52. The number of fused-ring (bicyclic) bond motifs is 1. The van der Waals surface area contributed by atoms with Crippen LogP contribution >= 0.6 is 0 Å². The number of carbonyl (C=O) groups excluding carboxylic acids is 1. The molecule has 0 radical (unpaired) electrons. The van der Waals surface area contributed by atoms with Gasteiger partial charge in [0, 0.05) is 25.7 Å². The normalized spacial score (nSPS) is 21.6. The molecule has 10 heteroatoms. The van der Waals surface area contributed by atoms with Crippen molar-refractivity contribution in [3.8, 4) is 0 Å². The van der Waals surface area contributed by atoms with Crippen LogP contribution in [-0.4, -0.2) is 49.8 Å². The average molecular weight is 483 g/mol. The van der Waals surface area contributed by atoms with E-state index in [1.165, 1.54) is 11.4 Å². The van der Waals surface area contributed by atoms with Gasteiger partial charge in [0.05, 0.1) is 30.0 Å². The lowest BCUT2D eigenvalue weighted by Crippen LogP contribution is -2.46. The van der Waals surface area contributed by atoms with Crippen LogP contribution in [0.5, 0.6) is 0 Å². The number of ether oxygens (including phenoxy) is 1. The number of benzene rings is 2. The van der Waals surface area contributed by atoms with Gasteiger partial charge in [-0.1, -0.05) is 30.3 Å². The van der Waals surface area contributed by atoms with Crippen LogP contribution in [-0.2, 0) is 32.3 Å². The van der Waals surface area contributed by atoms with Gasteiger partial charge in [-0.25, -0.2) is 8.42 Å². The van der Waals surface area contributed by atoms with Crippen LogP contribution in [0.3, 0.4) is 0 Å². The standard InChI is InChI=1S/C23H25F3N2O4S/c1-32-22(29)14-20-19-13-17(23(24,25)26)7-8-21(19)33(30,31)28(20)18-9-11-27(12-10-18)15-16-5-3-2-4-6-16/h2-8,13,18,20H,9-12,14-15H2,1H3/t20-/m0/s1. The summed E-state index contributed by atoms with van der Waals surface area (Å²) in [4.78, 5) is 14.1. The van der Waals surface area contributed by atoms with E-state index in [0.29, 0.717) is 25.9 Å². The Morgan fingerprint density at radius 2 is 1.76 bits per heavy atom. The van der Waals surface area contributed by atoms with Crippen molar-refractivity contribution in [3.63, 3.8) is 0 Å². The molecule has 0 unspecified atom stereocenters. The molecule has 178 valence electrons. The van der Waals surface area contributed by atoms with Gasteiger partial charge >= 0.3 is 12.1 Å². The van der Waals surface area contributed by atoms with E-state index in [0.717, 1.165) is 30.3 Å². The lowest BCUT2D eigenvalue weighted by molar-refractivity contribution is -0.141. The summed E-state index contributed by atoms with van der Waals surface area (Å²) in [7, 11) is -2.88. The molecule has 0 aliphatic carbocycles. The Morgan fingerprint density at radius 3 is 2.36 bits per heavy atom. The highest BCUT2D eigenvalue weighted by Crippen LogP contribution is 2.46. The maximum Gasteiger partial charge on any atom is 0.416 e. The fourth-order valence-corrected chi connectivity index (χ4v) is 6.79. The number of hydrogen-bond donors (Lipinski definition) is 0. The third-order valence-corrected chi connectivity index (χ3v) is 8.35. The summed E-state index contributed by atoms with van der Waals surface area (Å²) in [6.07, 6.45) is -3.92. The smallest absolute Gasteiger partial charge is 0.416 e. The highest BCUT2D eigenvalue weighted by Gasteiger charge is 2.48. The van der Waals surface area contributed by atoms with Crippen LogP contribution in [0.1, 0.15) is 42.0 Å². The minimum atomic E-state index is -4.62. The Hall–Kier alpha value is -2.43. The SMILES string of the molecule is COC(=O)C[C@H]1c2cc(C(F)(F)F)ccc2S(=O)(=O)N1C1CCN(Cc2ccccc2)CC1. The van der Waals surface area contributed by atoms with Crippen molar-refractivity contribution in [1.82, 2.24) is 9.21 Å². The predicted molar refractivity (Wildman–Crippen MR) is 115 cm³/mol. The molecule has 0 spiro atoms. The number of esters is 1. The number of halogens is 3. The summed E-state index contributed by atoms with van der Waals surface area (Å²) >= 11 is 0. The first-order valence-corrected chi connectivity index (χ1v) is 12.1. The number of sulfonamides is 1. The Balaban J connectivity index is 1.60. The predicted octanol–water partition coefficient (Wildman–Crippen LogP) is 3.98. The number of alkyl halides is 3. The van der Waals surface area contributed by atoms with Gasteiger partial charge in [-0.05, 0) is 42.2 Å². The topological polar surface area (TPSA) is 66.9 Å². The molecule has 0 saturated carbocycles. The van der Waals surface area contributed by atoms with Crippen molar-refractivity contribution in [1.29, 1.82) is 0 Å². The van der Waals surface area contributed by atoms with E-state index in [1.807, 2.05) is 30.3 Å². The number of methoxy groups -OCH3 is 1. The van der Waals surface area contributed by atoms with Crippen molar-refractivity contribution >= 4 is 16.0 Å². The number of likely N-dealkylation sites (tertiary alicyclic amines) is 1. The maximum absolute atomic E-state index is 13.4. The lowest BCUT2D eigenvalue weighted by atomic mass is 9.97. The zero-order chi connectivity index (χ0) is 23.8. The Morgan fingerprint density at radius 1 is 1.09 bits per heavy atom. The molecule has 6 nitrogen and oxygen atoms in total. The van der Waals surface area contributed by atoms with Gasteiger partial charge in [-0.15, -0.1) is 0 Å². The number of carbonyl (C=O) groups is 1. The van der Waals surface area contributed by atoms with Gasteiger partial charge in [-0.2, -0.15) is 17.5 Å². The molecule has 4 rings (SSSR count). The summed E-state index contributed by atoms with van der Waals surface area (Å²) in [6, 6.07) is 11.1. The third kappa shape index (κ3) is 4.78. The van der Waals surface area contributed by atoms with Gasteiger partial charge in [0.15, 0.2) is 0 Å². The quantitative estimate of drug-likeness (QED) is 0.604. The first kappa shape index (κ1) is 23.7. The molecule has 1 saturated heterocycles. The zero-order valence-corrected chi connectivity index (χ0v) is 18.9. The summed E-state index contributed by atoms with van der Waals surface area (Å²) in [5.41, 5.74) is 0.216. The fourth-order valence-electron chi connectivity index (χ4n) is 4.70. The molecule has 2 aliphatic heterocycles. The second-order valence-corrected chi connectivity index (χ2v) is 10.2. The first-order chi connectivity index (χ1) is 15.6. The van der Waals surface area contributed by atoms with Crippen molar-refractivity contribution in [2.24, 2.45) is 0 Å². The summed E-state index contributed by atoms with van der Waals surface area (Å²) < 4.78 is 72.7. The third-order valence-electron chi connectivity index (χ3n) is 6.31. The van der Waals surface area contributed by atoms with Crippen LogP contribution in [0.4, 0.5) is 13.2 Å². The minimum Gasteiger partial charge on any atom is -0.469 e. The van der Waals surface area contributed by atoms with E-state index >= 15 is 0 Å². The average Bonchev–Trinajstić information content (AvgIpc) is 3.00. The van der Waals surface area contributed by atoms with E-state index in [1.54, 1.807) is 0 Å². The van der Waals surface area contributed by atoms with Gasteiger partial charge in [0.25, 0.3) is 0 Å². The van der Waals surface area contributed by atoms with Gasteiger partial charge in [-0.3, -0.25) is 9.69 Å². The van der Waals surface area contributed by atoms with Crippen molar-refractivity contribution in [2.75, 3.05) is 20.2 Å². The Bertz CT molecular complexity index is 1110. The minimum absolute atomic E-state index is 0.00180. The Labute approximate surface area is 191 Å². The number of piperidine rings is 1. The van der Waals surface area contributed by atoms with Gasteiger partial charge in [0.1, 0.15) is 0 Å². The molecule has 2 aromatic rings. The zero-order valence-electron chi connectivity index (χ0n) is 18.1. The van der Waals surface area contributed by atoms with Crippen molar-refractivity contribution in [2.45, 2.75) is 49.0 Å². The fraction of sp³-hybridized carbons (Fsp3) is 0.435. The van der Waals surface area contributed by atoms with E-state index in [4.69, 9.17) is 4.74 Å². The molecular formula is C23H25F3N2O4S. The number of hydrogen-bond acceptors (Lipinski definition) is 5. The van der Waals surface area contributed by atoms with E-state index in [-0.39, 0.29) is 16.9 Å². The lowest BCUT2D eigenvalue weighted by Gasteiger charge is -2.38. The van der Waals surface area contributed by atoms with Crippen LogP contribution in [0, 0.1) is 0 Å². The molecule has 33 heavy (non-hydrogen) atoms. The van der Waals surface area contributed by atoms with Crippen LogP contribution in [0.2, 0.25) is 0 Å². The van der Waals surface area contributed by atoms with Gasteiger partial charge in [0.2, 0.25) is 10.0 Å². The van der Waals surface area contributed by atoms with Crippen molar-refractivity contribution < 1.29 is 31.1 Å². The van der Waals surface area contributed by atoms with E-state index < -0.39 is 39.8 Å². The first-order valence-electron chi connectivity index (χ1n) is 10.7. The van der Waals surface area contributed by atoms with Crippen LogP contribution < -0.4 is 0 Å². The molecule has 0 amide bonds. The molecular weight excluding hydrogens is 457 g/mol. The molecule has 1 atom stereocenters. The van der Waals surface area contributed by atoms with E-state index in [2.05, 4.69) is 4.90 Å². The molecule has 0 aromatic heterocycles. The molecule has 2 aliphatic rings. The largest absolute Gasteiger partial charge is 0.469 e. The molecule has 2 heterocycles. The highest BCUT2D eigenvalue weighted by atomic mass is 32.2. The summed E-state index contributed by atoms with van der Waals surface area (Å²) in [6.45, 7) is 2.02. The maximum atomic E-state index is 13.4. The summed E-state index contributed by atoms with van der Waals surface area (Å²) in [5, 5.41) is 0.